The van der Waals surface area contributed by atoms with E-state index in [0.29, 0.717) is 0 Å². The Morgan fingerprint density at radius 1 is 1.21 bits per heavy atom. The minimum Gasteiger partial charge on any atom is -0.381 e. The molecule has 0 radical (unpaired) electrons. The lowest BCUT2D eigenvalue weighted by molar-refractivity contribution is 0.421. The van der Waals surface area contributed by atoms with E-state index in [1.54, 1.807) is 5.56 Å². The van der Waals surface area contributed by atoms with Crippen LogP contribution in [0.2, 0.25) is 0 Å². The summed E-state index contributed by atoms with van der Waals surface area (Å²) < 4.78 is 0. The molecular weight excluding hydrogens is 170 g/mol. The highest BCUT2D eigenvalue weighted by Crippen LogP contribution is 2.44. The average Bonchev–Trinajstić information content (AvgIpc) is 2.57. The van der Waals surface area contributed by atoms with E-state index in [9.17, 15) is 0 Å². The molecule has 1 saturated carbocycles. The fraction of sp³-hybridized carbons (Fsp3) is 0.538. The van der Waals surface area contributed by atoms with E-state index in [2.05, 4.69) is 30.4 Å². The zero-order chi connectivity index (χ0) is 9.54. The molecule has 1 aromatic rings. The Labute approximate surface area is 85.5 Å². The molecule has 2 atom stereocenters. The molecule has 3 rings (SSSR count). The van der Waals surface area contributed by atoms with Crippen LogP contribution in [0.4, 0.5) is 5.69 Å². The maximum atomic E-state index is 3.68. The lowest BCUT2D eigenvalue weighted by atomic mass is 9.81. The number of hydrogen-bond donors (Lipinski definition) is 1. The van der Waals surface area contributed by atoms with Crippen molar-refractivity contribution in [2.24, 2.45) is 0 Å². The van der Waals surface area contributed by atoms with E-state index < -0.39 is 0 Å². The van der Waals surface area contributed by atoms with Crippen LogP contribution in [0.5, 0.6) is 0 Å². The van der Waals surface area contributed by atoms with E-state index >= 15 is 0 Å². The number of fused-ring (bicyclic) bond motifs is 3. The maximum absolute atomic E-state index is 3.68. The molecular formula is C13H17N. The second-order valence-electron chi connectivity index (χ2n) is 4.68. The molecule has 14 heavy (non-hydrogen) atoms. The van der Waals surface area contributed by atoms with Gasteiger partial charge in [0.15, 0.2) is 0 Å². The Bertz CT molecular complexity index is 356. The summed E-state index contributed by atoms with van der Waals surface area (Å²) in [7, 11) is 0. The summed E-state index contributed by atoms with van der Waals surface area (Å²) in [6.45, 7) is 2.25. The van der Waals surface area contributed by atoms with Gasteiger partial charge in [-0.25, -0.2) is 0 Å². The highest BCUT2D eigenvalue weighted by Gasteiger charge is 2.34. The summed E-state index contributed by atoms with van der Waals surface area (Å²) in [6, 6.07) is 7.39. The minimum absolute atomic E-state index is 0.736. The van der Waals surface area contributed by atoms with Crippen molar-refractivity contribution in [2.45, 2.75) is 44.6 Å². The van der Waals surface area contributed by atoms with E-state index in [1.807, 2.05) is 0 Å². The average molecular weight is 187 g/mol. The zero-order valence-corrected chi connectivity index (χ0v) is 8.72. The molecule has 1 aromatic carbocycles. The molecule has 0 bridgehead atoms. The van der Waals surface area contributed by atoms with Gasteiger partial charge >= 0.3 is 0 Å². The van der Waals surface area contributed by atoms with Crippen LogP contribution in [-0.2, 0) is 0 Å². The van der Waals surface area contributed by atoms with Crippen LogP contribution in [0.15, 0.2) is 18.2 Å². The molecule has 1 fully saturated rings. The minimum atomic E-state index is 0.736. The van der Waals surface area contributed by atoms with Gasteiger partial charge in [-0.3, -0.25) is 0 Å². The second-order valence-corrected chi connectivity index (χ2v) is 4.68. The highest BCUT2D eigenvalue weighted by atomic mass is 15.0. The van der Waals surface area contributed by atoms with Gasteiger partial charge in [0.25, 0.3) is 0 Å². The predicted octanol–water partition coefficient (Wildman–Crippen LogP) is 3.45. The molecule has 1 aliphatic carbocycles. The number of anilines is 1. The van der Waals surface area contributed by atoms with Crippen LogP contribution < -0.4 is 5.32 Å². The first-order valence-corrected chi connectivity index (χ1v) is 5.72. The molecule has 0 spiro atoms. The molecule has 0 saturated heterocycles. The van der Waals surface area contributed by atoms with Crippen LogP contribution in [-0.4, -0.2) is 6.04 Å². The van der Waals surface area contributed by atoms with Crippen LogP contribution in [0.25, 0.3) is 0 Å². The molecule has 0 amide bonds. The Morgan fingerprint density at radius 2 is 2.07 bits per heavy atom. The smallest absolute Gasteiger partial charge is 0.0381 e. The first-order valence-electron chi connectivity index (χ1n) is 5.72. The number of rotatable bonds is 0. The van der Waals surface area contributed by atoms with E-state index in [4.69, 9.17) is 0 Å². The fourth-order valence-corrected chi connectivity index (χ4v) is 3.15. The third kappa shape index (κ3) is 1.08. The Hall–Kier alpha value is -0.980. The molecule has 74 valence electrons. The summed E-state index contributed by atoms with van der Waals surface area (Å²) in [5, 5.41) is 3.68. The molecule has 1 N–H and O–H groups in total. The topological polar surface area (TPSA) is 12.0 Å². The standard InChI is InChI=1S/C13H17N/c1-9-5-4-8-12-13(9)10-6-2-3-7-11(10)14-12/h4-5,8,10-11,14H,2-3,6-7H2,1H3. The van der Waals surface area contributed by atoms with Crippen molar-refractivity contribution >= 4 is 5.69 Å². The maximum Gasteiger partial charge on any atom is 0.0381 e. The highest BCUT2D eigenvalue weighted by molar-refractivity contribution is 5.62. The zero-order valence-electron chi connectivity index (χ0n) is 8.72. The Morgan fingerprint density at radius 3 is 3.00 bits per heavy atom. The van der Waals surface area contributed by atoms with Crippen molar-refractivity contribution in [3.63, 3.8) is 0 Å². The van der Waals surface area contributed by atoms with Gasteiger partial charge in [0.05, 0.1) is 0 Å². The van der Waals surface area contributed by atoms with Crippen molar-refractivity contribution in [3.8, 4) is 0 Å². The summed E-state index contributed by atoms with van der Waals surface area (Å²) in [5.74, 6) is 0.806. The molecule has 0 aromatic heterocycles. The summed E-state index contributed by atoms with van der Waals surface area (Å²) in [6.07, 6.45) is 5.56. The van der Waals surface area contributed by atoms with Crippen molar-refractivity contribution in [2.75, 3.05) is 5.32 Å². The molecule has 1 heteroatoms. The molecule has 1 heterocycles. The molecule has 1 nitrogen and oxygen atoms in total. The van der Waals surface area contributed by atoms with Crippen LogP contribution in [0.1, 0.15) is 42.7 Å². The van der Waals surface area contributed by atoms with Crippen molar-refractivity contribution in [1.29, 1.82) is 0 Å². The van der Waals surface area contributed by atoms with Gasteiger partial charge < -0.3 is 5.32 Å². The Balaban J connectivity index is 2.06. The fourth-order valence-electron chi connectivity index (χ4n) is 3.15. The SMILES string of the molecule is Cc1cccc2c1C1CCCCC1N2. The van der Waals surface area contributed by atoms with Crippen LogP contribution >= 0.6 is 0 Å². The van der Waals surface area contributed by atoms with Crippen LogP contribution in [0.3, 0.4) is 0 Å². The van der Waals surface area contributed by atoms with Crippen molar-refractivity contribution < 1.29 is 0 Å². The normalized spacial score (nSPS) is 29.2. The van der Waals surface area contributed by atoms with Crippen molar-refractivity contribution in [1.82, 2.24) is 0 Å². The third-order valence-electron chi connectivity index (χ3n) is 3.80. The first-order chi connectivity index (χ1) is 6.86. The third-order valence-corrected chi connectivity index (χ3v) is 3.80. The van der Waals surface area contributed by atoms with Crippen molar-refractivity contribution in [3.05, 3.63) is 29.3 Å². The van der Waals surface area contributed by atoms with E-state index in [-0.39, 0.29) is 0 Å². The summed E-state index contributed by atoms with van der Waals surface area (Å²) in [5.41, 5.74) is 4.49. The van der Waals surface area contributed by atoms with Gasteiger partial charge in [-0.1, -0.05) is 25.0 Å². The molecule has 2 unspecified atom stereocenters. The largest absolute Gasteiger partial charge is 0.381 e. The van der Waals surface area contributed by atoms with Crippen LogP contribution in [0, 0.1) is 6.92 Å². The van der Waals surface area contributed by atoms with Gasteiger partial charge in [-0.15, -0.1) is 0 Å². The number of aryl methyl sites for hydroxylation is 1. The van der Waals surface area contributed by atoms with Gasteiger partial charge in [-0.05, 0) is 37.0 Å². The predicted molar refractivity (Wildman–Crippen MR) is 59.8 cm³/mol. The summed E-state index contributed by atoms with van der Waals surface area (Å²) in [4.78, 5) is 0. The number of hydrogen-bond acceptors (Lipinski definition) is 1. The lowest BCUT2D eigenvalue weighted by Crippen LogP contribution is -2.24. The van der Waals surface area contributed by atoms with Gasteiger partial charge in [-0.2, -0.15) is 0 Å². The number of nitrogens with one attached hydrogen (secondary N) is 1. The number of benzene rings is 1. The van der Waals surface area contributed by atoms with Gasteiger partial charge in [0, 0.05) is 17.6 Å². The second kappa shape index (κ2) is 3.01. The molecule has 1 aliphatic heterocycles. The Kier molecular flexibility index (Phi) is 1.79. The first kappa shape index (κ1) is 8.34. The lowest BCUT2D eigenvalue weighted by Gasteiger charge is -2.25. The summed E-state index contributed by atoms with van der Waals surface area (Å²) >= 11 is 0. The quantitative estimate of drug-likeness (QED) is 0.656. The monoisotopic (exact) mass is 187 g/mol. The van der Waals surface area contributed by atoms with E-state index in [1.165, 1.54) is 36.9 Å². The van der Waals surface area contributed by atoms with Gasteiger partial charge in [0.1, 0.15) is 0 Å². The van der Waals surface area contributed by atoms with Gasteiger partial charge in [0.2, 0.25) is 0 Å². The molecule has 2 aliphatic rings. The van der Waals surface area contributed by atoms with E-state index in [0.717, 1.165) is 12.0 Å².